The highest BCUT2D eigenvalue weighted by Crippen LogP contribution is 2.26. The van der Waals surface area contributed by atoms with Crippen LogP contribution in [0.25, 0.3) is 0 Å². The van der Waals surface area contributed by atoms with Crippen LogP contribution in [-0.2, 0) is 4.74 Å². The van der Waals surface area contributed by atoms with Gasteiger partial charge in [0.15, 0.2) is 5.90 Å². The molecule has 0 bridgehead atoms. The summed E-state index contributed by atoms with van der Waals surface area (Å²) < 4.78 is 18.9. The van der Waals surface area contributed by atoms with Crippen LogP contribution in [0.5, 0.6) is 0 Å². The molecule has 17 heavy (non-hydrogen) atoms. The second-order valence-corrected chi connectivity index (χ2v) is 3.97. The molecule has 0 saturated carbocycles. The first kappa shape index (κ1) is 13.7. The minimum Gasteiger partial charge on any atom is -0.478 e. The summed E-state index contributed by atoms with van der Waals surface area (Å²) in [4.78, 5) is 4.37. The monoisotopic (exact) mass is 237 g/mol. The molecule has 0 radical (unpaired) electrons. The fourth-order valence-corrected chi connectivity index (χ4v) is 1.61. The summed E-state index contributed by atoms with van der Waals surface area (Å²) >= 11 is 0. The van der Waals surface area contributed by atoms with Gasteiger partial charge in [0.25, 0.3) is 0 Å². The van der Waals surface area contributed by atoms with Crippen molar-refractivity contribution in [2.45, 2.75) is 33.7 Å². The van der Waals surface area contributed by atoms with Crippen LogP contribution in [0.2, 0.25) is 0 Å². The predicted molar refractivity (Wildman–Crippen MR) is 68.7 cm³/mol. The van der Waals surface area contributed by atoms with Crippen LogP contribution in [0, 0.1) is 11.7 Å². The van der Waals surface area contributed by atoms with Gasteiger partial charge in [0.05, 0.1) is 0 Å². The Morgan fingerprint density at radius 2 is 1.94 bits per heavy atom. The van der Waals surface area contributed by atoms with E-state index in [2.05, 4.69) is 4.99 Å². The number of benzene rings is 1. The quantitative estimate of drug-likeness (QED) is 0.762. The molecular weight excluding hydrogens is 217 g/mol. The molecular formula is C14H20FNO. The molecule has 0 fully saturated rings. The third-order valence-electron chi connectivity index (χ3n) is 2.43. The summed E-state index contributed by atoms with van der Waals surface area (Å²) in [6, 6.07) is 6.54. The lowest BCUT2D eigenvalue weighted by Gasteiger charge is -2.05. The first-order valence-corrected chi connectivity index (χ1v) is 6.13. The van der Waals surface area contributed by atoms with E-state index in [0.717, 1.165) is 5.90 Å². The van der Waals surface area contributed by atoms with Crippen LogP contribution < -0.4 is 0 Å². The van der Waals surface area contributed by atoms with Crippen molar-refractivity contribution in [3.05, 3.63) is 35.6 Å². The van der Waals surface area contributed by atoms with Crippen molar-refractivity contribution < 1.29 is 9.13 Å². The highest BCUT2D eigenvalue weighted by molar-refractivity contribution is 5.79. The molecule has 2 nitrogen and oxygen atoms in total. The fraction of sp³-hybridized carbons (Fsp3) is 0.500. The molecule has 0 amide bonds. The standard InChI is InChI=1S/C12H14FNO.C2H6/c1-8(2)12-14-11(7-15-12)9-5-3-4-6-10(9)13;1-2/h3-6,8,11H,7H2,1-2H3;1-2H3. The van der Waals surface area contributed by atoms with Crippen LogP contribution in [0.4, 0.5) is 4.39 Å². The van der Waals surface area contributed by atoms with Crippen LogP contribution in [0.3, 0.4) is 0 Å². The van der Waals surface area contributed by atoms with E-state index in [-0.39, 0.29) is 17.8 Å². The first-order chi connectivity index (χ1) is 8.18. The summed E-state index contributed by atoms with van der Waals surface area (Å²) in [7, 11) is 0. The Kier molecular flexibility index (Phi) is 5.13. The average Bonchev–Trinajstić information content (AvgIpc) is 2.82. The summed E-state index contributed by atoms with van der Waals surface area (Å²) in [5.74, 6) is 0.782. The van der Waals surface area contributed by atoms with Gasteiger partial charge in [-0.2, -0.15) is 0 Å². The van der Waals surface area contributed by atoms with Crippen LogP contribution >= 0.6 is 0 Å². The lowest BCUT2D eigenvalue weighted by molar-refractivity contribution is 0.301. The molecule has 0 saturated heterocycles. The molecule has 1 atom stereocenters. The van der Waals surface area contributed by atoms with Gasteiger partial charge in [0, 0.05) is 11.5 Å². The molecule has 94 valence electrons. The molecule has 1 aromatic rings. The van der Waals surface area contributed by atoms with E-state index in [4.69, 9.17) is 4.74 Å². The number of hydrogen-bond acceptors (Lipinski definition) is 2. The van der Waals surface area contributed by atoms with Gasteiger partial charge in [0.1, 0.15) is 18.5 Å². The van der Waals surface area contributed by atoms with Crippen molar-refractivity contribution in [3.8, 4) is 0 Å². The Labute approximate surface area is 103 Å². The minimum atomic E-state index is -0.208. The van der Waals surface area contributed by atoms with Crippen molar-refractivity contribution in [2.75, 3.05) is 6.61 Å². The highest BCUT2D eigenvalue weighted by atomic mass is 19.1. The fourth-order valence-electron chi connectivity index (χ4n) is 1.61. The molecule has 1 aliphatic rings. The number of ether oxygens (including phenoxy) is 1. The van der Waals surface area contributed by atoms with Crippen molar-refractivity contribution in [1.82, 2.24) is 0 Å². The number of hydrogen-bond donors (Lipinski definition) is 0. The van der Waals surface area contributed by atoms with E-state index in [9.17, 15) is 4.39 Å². The largest absolute Gasteiger partial charge is 0.478 e. The Bertz CT molecular complexity index is 388. The third-order valence-corrected chi connectivity index (χ3v) is 2.43. The number of aliphatic imine (C=N–C) groups is 1. The molecule has 1 aromatic carbocycles. The van der Waals surface area contributed by atoms with Gasteiger partial charge in [-0.25, -0.2) is 9.38 Å². The van der Waals surface area contributed by atoms with Crippen LogP contribution in [0.15, 0.2) is 29.3 Å². The summed E-state index contributed by atoms with van der Waals surface area (Å²) in [6.45, 7) is 8.49. The summed E-state index contributed by atoms with van der Waals surface area (Å²) in [5, 5.41) is 0. The highest BCUT2D eigenvalue weighted by Gasteiger charge is 2.24. The molecule has 1 aliphatic heterocycles. The Balaban J connectivity index is 0.000000686. The van der Waals surface area contributed by atoms with Crippen LogP contribution in [-0.4, -0.2) is 12.5 Å². The van der Waals surface area contributed by atoms with E-state index in [1.54, 1.807) is 12.1 Å². The zero-order valence-electron chi connectivity index (χ0n) is 10.9. The lowest BCUT2D eigenvalue weighted by atomic mass is 10.1. The Hall–Kier alpha value is -1.38. The van der Waals surface area contributed by atoms with Gasteiger partial charge in [-0.3, -0.25) is 0 Å². The Morgan fingerprint density at radius 3 is 2.47 bits per heavy atom. The molecule has 0 spiro atoms. The van der Waals surface area contributed by atoms with E-state index in [1.807, 2.05) is 33.8 Å². The maximum atomic E-state index is 13.4. The van der Waals surface area contributed by atoms with Crippen molar-refractivity contribution in [2.24, 2.45) is 10.9 Å². The van der Waals surface area contributed by atoms with Gasteiger partial charge in [-0.05, 0) is 6.07 Å². The van der Waals surface area contributed by atoms with E-state index in [1.165, 1.54) is 6.07 Å². The third kappa shape index (κ3) is 3.29. The smallest absolute Gasteiger partial charge is 0.186 e. The molecule has 3 heteroatoms. The first-order valence-electron chi connectivity index (χ1n) is 6.13. The maximum absolute atomic E-state index is 13.4. The molecule has 0 aliphatic carbocycles. The summed E-state index contributed by atoms with van der Waals surface area (Å²) in [6.07, 6.45) is 0. The SMILES string of the molecule is CC.CC(C)C1=NC(c2ccccc2F)CO1. The van der Waals surface area contributed by atoms with Gasteiger partial charge in [-0.15, -0.1) is 0 Å². The van der Waals surface area contributed by atoms with E-state index in [0.29, 0.717) is 12.2 Å². The molecule has 0 aromatic heterocycles. The van der Waals surface area contributed by atoms with Gasteiger partial charge in [-0.1, -0.05) is 45.9 Å². The van der Waals surface area contributed by atoms with Crippen LogP contribution in [0.1, 0.15) is 39.3 Å². The zero-order chi connectivity index (χ0) is 12.8. The number of halogens is 1. The lowest BCUT2D eigenvalue weighted by Crippen LogP contribution is -2.06. The summed E-state index contributed by atoms with van der Waals surface area (Å²) in [5.41, 5.74) is 0.619. The topological polar surface area (TPSA) is 21.6 Å². The van der Waals surface area contributed by atoms with Crippen molar-refractivity contribution in [3.63, 3.8) is 0 Å². The predicted octanol–water partition coefficient (Wildman–Crippen LogP) is 3.98. The second-order valence-electron chi connectivity index (χ2n) is 3.97. The molecule has 1 unspecified atom stereocenters. The van der Waals surface area contributed by atoms with Crippen molar-refractivity contribution >= 4 is 5.90 Å². The van der Waals surface area contributed by atoms with E-state index >= 15 is 0 Å². The minimum absolute atomic E-state index is 0.177. The molecule has 1 heterocycles. The average molecular weight is 237 g/mol. The zero-order valence-corrected chi connectivity index (χ0v) is 10.9. The normalized spacial score (nSPS) is 18.2. The van der Waals surface area contributed by atoms with Gasteiger partial charge < -0.3 is 4.74 Å². The van der Waals surface area contributed by atoms with Gasteiger partial charge in [0.2, 0.25) is 0 Å². The van der Waals surface area contributed by atoms with E-state index < -0.39 is 0 Å². The Morgan fingerprint density at radius 1 is 1.29 bits per heavy atom. The number of nitrogens with zero attached hydrogens (tertiary/aromatic N) is 1. The maximum Gasteiger partial charge on any atom is 0.186 e. The van der Waals surface area contributed by atoms with Gasteiger partial charge >= 0.3 is 0 Å². The molecule has 2 rings (SSSR count). The second kappa shape index (κ2) is 6.38. The number of rotatable bonds is 2. The van der Waals surface area contributed by atoms with Crippen molar-refractivity contribution in [1.29, 1.82) is 0 Å². The molecule has 0 N–H and O–H groups in total.